The third-order valence-electron chi connectivity index (χ3n) is 4.85. The molecule has 0 saturated heterocycles. The maximum atomic E-state index is 12.8. The zero-order valence-electron chi connectivity index (χ0n) is 16.1. The van der Waals surface area contributed by atoms with Gasteiger partial charge in [0.05, 0.1) is 6.42 Å². The Morgan fingerprint density at radius 3 is 2.06 bits per heavy atom. The predicted octanol–water partition coefficient (Wildman–Crippen LogP) is 3.05. The average molecular weight is 436 g/mol. The first kappa shape index (κ1) is 22.1. The monoisotopic (exact) mass is 436 g/mol. The van der Waals surface area contributed by atoms with Crippen LogP contribution in [-0.2, 0) is 14.3 Å². The van der Waals surface area contributed by atoms with Crippen molar-refractivity contribution in [3.63, 3.8) is 0 Å². The van der Waals surface area contributed by atoms with Crippen molar-refractivity contribution in [1.82, 2.24) is 10.6 Å². The summed E-state index contributed by atoms with van der Waals surface area (Å²) in [6.07, 6.45) is -7.23. The van der Waals surface area contributed by atoms with Gasteiger partial charge in [-0.05, 0) is 22.3 Å². The van der Waals surface area contributed by atoms with Gasteiger partial charge in [-0.2, -0.15) is 13.2 Å². The first-order valence-electron chi connectivity index (χ1n) is 9.33. The minimum atomic E-state index is -4.93. The highest BCUT2D eigenvalue weighted by molar-refractivity contribution is 5.83. The van der Waals surface area contributed by atoms with Gasteiger partial charge in [-0.1, -0.05) is 48.5 Å². The third kappa shape index (κ3) is 5.33. The topological polar surface area (TPSA) is 105 Å². The fraction of sp³-hybridized carbons (Fsp3) is 0.286. The molecular weight excluding hydrogens is 417 g/mol. The summed E-state index contributed by atoms with van der Waals surface area (Å²) in [6.45, 7) is -0.811. The van der Waals surface area contributed by atoms with Crippen LogP contribution in [-0.4, -0.2) is 48.4 Å². The summed E-state index contributed by atoms with van der Waals surface area (Å²) in [5.41, 5.74) is 4.03. The van der Waals surface area contributed by atoms with E-state index in [1.54, 1.807) is 5.32 Å². The van der Waals surface area contributed by atoms with Crippen molar-refractivity contribution in [3.8, 4) is 11.1 Å². The molecular formula is C21H19F3N2O5. The number of aliphatic carboxylic acids is 1. The number of hydrogen-bond donors (Lipinski definition) is 3. The second-order valence-electron chi connectivity index (χ2n) is 6.94. The number of alkyl carbamates (subject to hydrolysis) is 1. The summed E-state index contributed by atoms with van der Waals surface area (Å²) < 4.78 is 43.5. The standard InChI is InChI=1S/C21H19F3N2O5/c22-21(23,24)17(9-19(28)29)26-18(27)10-25-20(30)31-11-16-14-7-3-1-5-12(14)13-6-2-4-8-15(13)16/h1-8,16-17H,9-11H2,(H,25,30)(H,26,27)(H,28,29). The van der Waals surface area contributed by atoms with E-state index in [0.717, 1.165) is 22.3 Å². The van der Waals surface area contributed by atoms with Crippen LogP contribution in [0.1, 0.15) is 23.5 Å². The Hall–Kier alpha value is -3.56. The molecule has 0 spiro atoms. The van der Waals surface area contributed by atoms with Gasteiger partial charge >= 0.3 is 18.2 Å². The van der Waals surface area contributed by atoms with Crippen LogP contribution in [0.3, 0.4) is 0 Å². The third-order valence-corrected chi connectivity index (χ3v) is 4.85. The van der Waals surface area contributed by atoms with E-state index in [1.807, 2.05) is 48.5 Å². The van der Waals surface area contributed by atoms with Crippen LogP contribution >= 0.6 is 0 Å². The Labute approximate surface area is 175 Å². The van der Waals surface area contributed by atoms with Crippen molar-refractivity contribution >= 4 is 18.0 Å². The largest absolute Gasteiger partial charge is 0.481 e. The minimum Gasteiger partial charge on any atom is -0.481 e. The first-order valence-corrected chi connectivity index (χ1v) is 9.33. The lowest BCUT2D eigenvalue weighted by Gasteiger charge is -2.20. The van der Waals surface area contributed by atoms with Gasteiger partial charge in [0.1, 0.15) is 19.2 Å². The summed E-state index contributed by atoms with van der Waals surface area (Å²) in [7, 11) is 0. The predicted molar refractivity (Wildman–Crippen MR) is 103 cm³/mol. The smallest absolute Gasteiger partial charge is 0.409 e. The van der Waals surface area contributed by atoms with Gasteiger partial charge in [-0.25, -0.2) is 4.79 Å². The van der Waals surface area contributed by atoms with Gasteiger partial charge in [0.25, 0.3) is 0 Å². The number of amides is 2. The molecule has 1 unspecified atom stereocenters. The maximum absolute atomic E-state index is 12.8. The molecule has 31 heavy (non-hydrogen) atoms. The molecule has 0 heterocycles. The second-order valence-corrected chi connectivity index (χ2v) is 6.94. The lowest BCUT2D eigenvalue weighted by atomic mass is 9.98. The van der Waals surface area contributed by atoms with Gasteiger partial charge in [0.2, 0.25) is 5.91 Å². The molecule has 0 bridgehead atoms. The second kappa shape index (κ2) is 9.07. The number of nitrogens with one attached hydrogen (secondary N) is 2. The molecule has 10 heteroatoms. The molecule has 7 nitrogen and oxygen atoms in total. The summed E-state index contributed by atoms with van der Waals surface area (Å²) in [6, 6.07) is 12.8. The number of ether oxygens (including phenoxy) is 1. The highest BCUT2D eigenvalue weighted by atomic mass is 19.4. The Balaban J connectivity index is 1.54. The Kier molecular flexibility index (Phi) is 6.47. The van der Waals surface area contributed by atoms with Gasteiger partial charge in [0, 0.05) is 5.92 Å². The van der Waals surface area contributed by atoms with Crippen LogP contribution in [0.2, 0.25) is 0 Å². The van der Waals surface area contributed by atoms with E-state index >= 15 is 0 Å². The minimum absolute atomic E-state index is 0.0222. The van der Waals surface area contributed by atoms with E-state index < -0.39 is 43.2 Å². The molecule has 2 aromatic rings. The molecule has 0 radical (unpaired) electrons. The van der Waals surface area contributed by atoms with Crippen LogP contribution in [0.4, 0.5) is 18.0 Å². The molecule has 2 aromatic carbocycles. The number of halogens is 3. The summed E-state index contributed by atoms with van der Waals surface area (Å²) in [5.74, 6) is -3.11. The van der Waals surface area contributed by atoms with Crippen molar-refractivity contribution in [2.75, 3.05) is 13.2 Å². The number of carboxylic acid groups (broad SMARTS) is 1. The molecule has 0 saturated carbocycles. The SMILES string of the molecule is O=C(O)CC(NC(=O)CNC(=O)OCC1c2ccccc2-c2ccccc21)C(F)(F)F. The van der Waals surface area contributed by atoms with E-state index in [0.29, 0.717) is 0 Å². The number of alkyl halides is 3. The Morgan fingerprint density at radius 1 is 1.00 bits per heavy atom. The average Bonchev–Trinajstić information content (AvgIpc) is 3.03. The number of carbonyl (C=O) groups is 3. The van der Waals surface area contributed by atoms with Crippen LogP contribution in [0.15, 0.2) is 48.5 Å². The van der Waals surface area contributed by atoms with Gasteiger partial charge in [-0.3, -0.25) is 9.59 Å². The van der Waals surface area contributed by atoms with Gasteiger partial charge < -0.3 is 20.5 Å². The maximum Gasteiger partial charge on any atom is 0.409 e. The molecule has 0 fully saturated rings. The molecule has 0 aliphatic heterocycles. The van der Waals surface area contributed by atoms with E-state index in [-0.39, 0.29) is 12.5 Å². The lowest BCUT2D eigenvalue weighted by molar-refractivity contribution is -0.169. The number of fused-ring (bicyclic) bond motifs is 3. The Morgan fingerprint density at radius 2 is 1.55 bits per heavy atom. The highest BCUT2D eigenvalue weighted by Crippen LogP contribution is 2.44. The van der Waals surface area contributed by atoms with Crippen molar-refractivity contribution in [1.29, 1.82) is 0 Å². The molecule has 2 amide bonds. The van der Waals surface area contributed by atoms with Crippen LogP contribution in [0.5, 0.6) is 0 Å². The van der Waals surface area contributed by atoms with Crippen molar-refractivity contribution in [3.05, 3.63) is 59.7 Å². The van der Waals surface area contributed by atoms with Crippen LogP contribution in [0, 0.1) is 0 Å². The zero-order valence-corrected chi connectivity index (χ0v) is 16.1. The van der Waals surface area contributed by atoms with Crippen molar-refractivity contribution in [2.24, 2.45) is 0 Å². The van der Waals surface area contributed by atoms with E-state index in [1.165, 1.54) is 0 Å². The number of benzene rings is 2. The molecule has 1 aliphatic rings. The van der Waals surface area contributed by atoms with E-state index in [2.05, 4.69) is 5.32 Å². The van der Waals surface area contributed by atoms with Crippen molar-refractivity contribution in [2.45, 2.75) is 24.6 Å². The van der Waals surface area contributed by atoms with Gasteiger partial charge in [-0.15, -0.1) is 0 Å². The number of carbonyl (C=O) groups excluding carboxylic acids is 2. The fourth-order valence-corrected chi connectivity index (χ4v) is 3.47. The Bertz CT molecular complexity index is 947. The molecule has 3 rings (SSSR count). The van der Waals surface area contributed by atoms with Crippen LogP contribution < -0.4 is 10.6 Å². The van der Waals surface area contributed by atoms with E-state index in [4.69, 9.17) is 9.84 Å². The fourth-order valence-electron chi connectivity index (χ4n) is 3.47. The molecule has 3 N–H and O–H groups in total. The molecule has 1 atom stereocenters. The summed E-state index contributed by atoms with van der Waals surface area (Å²) >= 11 is 0. The summed E-state index contributed by atoms with van der Waals surface area (Å²) in [5, 5.41) is 12.2. The van der Waals surface area contributed by atoms with E-state index in [9.17, 15) is 27.6 Å². The normalized spacial score (nSPS) is 13.6. The number of carboxylic acids is 1. The molecule has 1 aliphatic carbocycles. The highest BCUT2D eigenvalue weighted by Gasteiger charge is 2.42. The lowest BCUT2D eigenvalue weighted by Crippen LogP contribution is -2.49. The number of hydrogen-bond acceptors (Lipinski definition) is 4. The van der Waals surface area contributed by atoms with Gasteiger partial charge in [0.15, 0.2) is 0 Å². The van der Waals surface area contributed by atoms with Crippen molar-refractivity contribution < 1.29 is 37.4 Å². The molecule has 0 aromatic heterocycles. The molecule has 164 valence electrons. The first-order chi connectivity index (χ1) is 14.7. The zero-order chi connectivity index (χ0) is 22.6. The number of rotatable bonds is 7. The summed E-state index contributed by atoms with van der Waals surface area (Å²) in [4.78, 5) is 34.2. The quantitative estimate of drug-likeness (QED) is 0.619. The van der Waals surface area contributed by atoms with Crippen LogP contribution in [0.25, 0.3) is 11.1 Å².